The van der Waals surface area contributed by atoms with Gasteiger partial charge in [-0.15, -0.1) is 0 Å². The zero-order valence-electron chi connectivity index (χ0n) is 15.2. The molecule has 8 heteroatoms. The fourth-order valence-corrected chi connectivity index (χ4v) is 2.75. The van der Waals surface area contributed by atoms with Gasteiger partial charge in [0.05, 0.1) is 5.75 Å². The molecule has 0 aliphatic rings. The Hall–Kier alpha value is -3.00. The van der Waals surface area contributed by atoms with E-state index in [4.69, 9.17) is 5.73 Å². The van der Waals surface area contributed by atoms with Crippen LogP contribution in [0, 0.1) is 0 Å². The van der Waals surface area contributed by atoms with Gasteiger partial charge in [0.15, 0.2) is 0 Å². The molecule has 0 bridgehead atoms. The number of nitrogens with two attached hydrogens (primary N) is 1. The monoisotopic (exact) mass is 401 g/mol. The van der Waals surface area contributed by atoms with Gasteiger partial charge in [0, 0.05) is 12.8 Å². The average Bonchev–Trinajstić information content (AvgIpc) is 2.69. The lowest BCUT2D eigenvalue weighted by atomic mass is 10.0. The van der Waals surface area contributed by atoms with Crippen molar-refractivity contribution in [3.05, 3.63) is 65.7 Å². The highest BCUT2D eigenvalue weighted by Crippen LogP contribution is 2.12. The van der Waals surface area contributed by atoms with Gasteiger partial charge in [-0.05, 0) is 23.3 Å². The Kier molecular flexibility index (Phi) is 7.88. The number of amides is 3. The van der Waals surface area contributed by atoms with Crippen LogP contribution in [0.15, 0.2) is 54.6 Å². The summed E-state index contributed by atoms with van der Waals surface area (Å²) in [6.45, 7) is 0. The van der Waals surface area contributed by atoms with Crippen molar-refractivity contribution in [3.63, 3.8) is 0 Å². The summed E-state index contributed by atoms with van der Waals surface area (Å²) in [6.07, 6.45) is 0.427. The molecule has 2 aromatic carbocycles. The van der Waals surface area contributed by atoms with E-state index in [-0.39, 0.29) is 24.3 Å². The number of hydrogen-bond donors (Lipinski definition) is 5. The summed E-state index contributed by atoms with van der Waals surface area (Å²) in [7, 11) is 0. The largest absolute Gasteiger partial charge is 0.508 e. The van der Waals surface area contributed by atoms with Crippen LogP contribution in [-0.4, -0.2) is 40.7 Å². The topological polar surface area (TPSA) is 122 Å². The molecule has 3 amide bonds. The smallest absolute Gasteiger partial charge is 0.243 e. The Morgan fingerprint density at radius 2 is 1.46 bits per heavy atom. The molecular formula is C20H23N3O4S. The summed E-state index contributed by atoms with van der Waals surface area (Å²) in [6, 6.07) is 13.6. The standard InChI is InChI=1S/C20H23N3O4S/c21-19(26)16(10-14-6-8-15(24)9-7-14)23-20(27)17(22-18(25)12-28)11-13-4-2-1-3-5-13/h1-9,16-17,24,28H,10-12H2,(H2,21,26)(H,22,25)(H,23,27)/t16-,17-/m0/s1. The van der Waals surface area contributed by atoms with Crippen LogP contribution in [0.25, 0.3) is 0 Å². The predicted octanol–water partition coefficient (Wildman–Crippen LogP) is 0.562. The molecule has 148 valence electrons. The van der Waals surface area contributed by atoms with E-state index in [0.29, 0.717) is 0 Å². The Labute approximate surface area is 168 Å². The van der Waals surface area contributed by atoms with E-state index in [1.807, 2.05) is 30.3 Å². The molecule has 5 N–H and O–H groups in total. The van der Waals surface area contributed by atoms with E-state index in [1.165, 1.54) is 12.1 Å². The van der Waals surface area contributed by atoms with Gasteiger partial charge in [-0.3, -0.25) is 14.4 Å². The lowest BCUT2D eigenvalue weighted by Crippen LogP contribution is -2.54. The van der Waals surface area contributed by atoms with Crippen LogP contribution in [0.5, 0.6) is 5.75 Å². The van der Waals surface area contributed by atoms with E-state index in [1.54, 1.807) is 12.1 Å². The maximum atomic E-state index is 12.8. The van der Waals surface area contributed by atoms with Gasteiger partial charge in [0.2, 0.25) is 17.7 Å². The Morgan fingerprint density at radius 3 is 2.04 bits per heavy atom. The van der Waals surface area contributed by atoms with Gasteiger partial charge in [0.25, 0.3) is 0 Å². The second kappa shape index (κ2) is 10.4. The number of rotatable bonds is 9. The third-order valence-electron chi connectivity index (χ3n) is 4.11. The van der Waals surface area contributed by atoms with Crippen LogP contribution in [0.1, 0.15) is 11.1 Å². The molecule has 2 atom stereocenters. The summed E-state index contributed by atoms with van der Waals surface area (Å²) in [4.78, 5) is 36.4. The maximum absolute atomic E-state index is 12.8. The first-order chi connectivity index (χ1) is 13.4. The normalized spacial score (nSPS) is 12.6. The summed E-state index contributed by atoms with van der Waals surface area (Å²) < 4.78 is 0. The van der Waals surface area contributed by atoms with Gasteiger partial charge in [-0.25, -0.2) is 0 Å². The van der Waals surface area contributed by atoms with Crippen molar-refractivity contribution < 1.29 is 19.5 Å². The number of aromatic hydroxyl groups is 1. The molecule has 0 saturated carbocycles. The number of carbonyl (C=O) groups is 3. The fraction of sp³-hybridized carbons (Fsp3) is 0.250. The molecule has 2 aromatic rings. The van der Waals surface area contributed by atoms with Crippen molar-refractivity contribution in [1.82, 2.24) is 10.6 Å². The van der Waals surface area contributed by atoms with E-state index in [2.05, 4.69) is 23.3 Å². The minimum absolute atomic E-state index is 0.0642. The van der Waals surface area contributed by atoms with Crippen molar-refractivity contribution in [3.8, 4) is 5.75 Å². The second-order valence-electron chi connectivity index (χ2n) is 6.30. The number of primary amides is 1. The summed E-state index contributed by atoms with van der Waals surface area (Å²) in [5.41, 5.74) is 7.02. The Bertz CT molecular complexity index is 812. The molecule has 0 heterocycles. The number of carbonyl (C=O) groups excluding carboxylic acids is 3. The molecule has 7 nitrogen and oxygen atoms in total. The average molecular weight is 401 g/mol. The minimum atomic E-state index is -0.955. The minimum Gasteiger partial charge on any atom is -0.508 e. The molecule has 0 saturated heterocycles. The van der Waals surface area contributed by atoms with Crippen molar-refractivity contribution >= 4 is 30.4 Å². The Morgan fingerprint density at radius 1 is 0.893 bits per heavy atom. The molecule has 2 rings (SSSR count). The van der Waals surface area contributed by atoms with Gasteiger partial charge in [0.1, 0.15) is 17.8 Å². The Balaban J connectivity index is 2.12. The molecule has 0 aliphatic carbocycles. The first kappa shape index (κ1) is 21.3. The van der Waals surface area contributed by atoms with Crippen LogP contribution in [0.2, 0.25) is 0 Å². The molecule has 0 fully saturated rings. The number of benzene rings is 2. The van der Waals surface area contributed by atoms with Gasteiger partial charge in [-0.2, -0.15) is 12.6 Å². The van der Waals surface area contributed by atoms with Gasteiger partial charge >= 0.3 is 0 Å². The van der Waals surface area contributed by atoms with Crippen molar-refractivity contribution in [2.75, 3.05) is 5.75 Å². The summed E-state index contributed by atoms with van der Waals surface area (Å²) >= 11 is 3.92. The quantitative estimate of drug-likeness (QED) is 0.394. The van der Waals surface area contributed by atoms with E-state index in [0.717, 1.165) is 11.1 Å². The molecular weight excluding hydrogens is 378 g/mol. The lowest BCUT2D eigenvalue weighted by molar-refractivity contribution is -0.130. The fourth-order valence-electron chi connectivity index (χ4n) is 2.66. The highest BCUT2D eigenvalue weighted by Gasteiger charge is 2.26. The van der Waals surface area contributed by atoms with Crippen molar-refractivity contribution in [1.29, 1.82) is 0 Å². The first-order valence-corrected chi connectivity index (χ1v) is 9.34. The zero-order valence-corrected chi connectivity index (χ0v) is 16.1. The molecule has 28 heavy (non-hydrogen) atoms. The summed E-state index contributed by atoms with van der Waals surface area (Å²) in [5, 5.41) is 14.6. The highest BCUT2D eigenvalue weighted by molar-refractivity contribution is 7.81. The number of nitrogens with one attached hydrogen (secondary N) is 2. The van der Waals surface area contributed by atoms with E-state index < -0.39 is 29.8 Å². The molecule has 0 unspecified atom stereocenters. The van der Waals surface area contributed by atoms with E-state index in [9.17, 15) is 19.5 Å². The first-order valence-electron chi connectivity index (χ1n) is 8.70. The second-order valence-corrected chi connectivity index (χ2v) is 6.62. The van der Waals surface area contributed by atoms with Crippen molar-refractivity contribution in [2.24, 2.45) is 5.73 Å². The third-order valence-corrected chi connectivity index (χ3v) is 4.40. The third kappa shape index (κ3) is 6.62. The van der Waals surface area contributed by atoms with Crippen LogP contribution < -0.4 is 16.4 Å². The SMILES string of the molecule is NC(=O)[C@H](Cc1ccc(O)cc1)NC(=O)[C@H](Cc1ccccc1)NC(=O)CS. The van der Waals surface area contributed by atoms with Gasteiger partial charge in [-0.1, -0.05) is 42.5 Å². The molecule has 0 spiro atoms. The summed E-state index contributed by atoms with van der Waals surface area (Å²) in [5.74, 6) is -1.57. The number of hydrogen-bond acceptors (Lipinski definition) is 5. The number of thiol groups is 1. The van der Waals surface area contributed by atoms with Crippen LogP contribution >= 0.6 is 12.6 Å². The predicted molar refractivity (Wildman–Crippen MR) is 109 cm³/mol. The molecule has 0 aromatic heterocycles. The van der Waals surface area contributed by atoms with E-state index >= 15 is 0 Å². The molecule has 0 aliphatic heterocycles. The lowest BCUT2D eigenvalue weighted by Gasteiger charge is -2.22. The van der Waals surface area contributed by atoms with Crippen LogP contribution in [0.3, 0.4) is 0 Å². The number of phenols is 1. The highest BCUT2D eigenvalue weighted by atomic mass is 32.1. The zero-order chi connectivity index (χ0) is 20.5. The molecule has 0 radical (unpaired) electrons. The van der Waals surface area contributed by atoms with Gasteiger partial charge < -0.3 is 21.5 Å². The van der Waals surface area contributed by atoms with Crippen LogP contribution in [0.4, 0.5) is 0 Å². The van der Waals surface area contributed by atoms with Crippen LogP contribution in [-0.2, 0) is 27.2 Å². The maximum Gasteiger partial charge on any atom is 0.243 e. The van der Waals surface area contributed by atoms with Crippen molar-refractivity contribution in [2.45, 2.75) is 24.9 Å². The number of phenolic OH excluding ortho intramolecular Hbond substituents is 1.